The molecule has 3 amide bonds. The zero-order valence-electron chi connectivity index (χ0n) is 24.0. The van der Waals surface area contributed by atoms with Crippen molar-refractivity contribution in [1.82, 2.24) is 15.2 Å². The molecule has 11 heteroatoms. The molecule has 2 bridgehead atoms. The van der Waals surface area contributed by atoms with E-state index in [4.69, 9.17) is 4.42 Å². The average Bonchev–Trinajstić information content (AvgIpc) is 3.71. The Bertz CT molecular complexity index is 1670. The Morgan fingerprint density at radius 1 is 1.12 bits per heavy atom. The van der Waals surface area contributed by atoms with E-state index in [1.54, 1.807) is 25.1 Å². The van der Waals surface area contributed by atoms with E-state index in [2.05, 4.69) is 32.8 Å². The number of nitrogens with one attached hydrogen (secondary N) is 3. The van der Waals surface area contributed by atoms with Crippen molar-refractivity contribution in [3.05, 3.63) is 88.6 Å². The van der Waals surface area contributed by atoms with Crippen LogP contribution in [0.3, 0.4) is 0 Å². The van der Waals surface area contributed by atoms with Gasteiger partial charge in [-0.3, -0.25) is 19.2 Å². The van der Waals surface area contributed by atoms with Crippen LogP contribution < -0.4 is 21.5 Å². The van der Waals surface area contributed by atoms with Crippen LogP contribution in [0.4, 0.5) is 5.69 Å². The van der Waals surface area contributed by atoms with Crippen LogP contribution in [0.1, 0.15) is 41.8 Å². The lowest BCUT2D eigenvalue weighted by Gasteiger charge is -2.20. The van der Waals surface area contributed by atoms with Crippen LogP contribution in [0, 0.1) is 18.8 Å². The standard InChI is InChI=1S/C32H34N4O7/c1-19-22-8-3-5-11-26(22)43-29(19)31(40)34-23(9-4-6-12-28(38)42-2)30(39)35-24-10-7-15-36(32(24)41)18-27(37)33-25-17-20-13-14-21(25)16-20/h3,5-8,10-15,20-21,23,25H,4,9,16-18H2,1-2H3,(H,33,37)(H,34,40)(H,35,39)/b12-6+/t20?,21?,23-,25?/m0/s1. The smallest absolute Gasteiger partial charge is 0.330 e. The van der Waals surface area contributed by atoms with Crippen LogP contribution in [-0.4, -0.2) is 47.5 Å². The number of anilines is 1. The Balaban J connectivity index is 1.28. The monoisotopic (exact) mass is 586 g/mol. The molecule has 1 fully saturated rings. The number of pyridine rings is 1. The molecule has 1 saturated carbocycles. The molecular formula is C32H34N4O7. The molecule has 2 aliphatic carbocycles. The second-order valence-corrected chi connectivity index (χ2v) is 10.9. The van der Waals surface area contributed by atoms with E-state index in [1.165, 1.54) is 36.1 Å². The van der Waals surface area contributed by atoms with Gasteiger partial charge in [-0.25, -0.2) is 4.79 Å². The van der Waals surface area contributed by atoms with E-state index < -0.39 is 29.4 Å². The van der Waals surface area contributed by atoms with Crippen LogP contribution in [-0.2, 0) is 25.7 Å². The molecular weight excluding hydrogens is 552 g/mol. The number of hydrogen-bond acceptors (Lipinski definition) is 7. The Hall–Kier alpha value is -4.93. The first kappa shape index (κ1) is 29.6. The number of ether oxygens (including phenoxy) is 1. The summed E-state index contributed by atoms with van der Waals surface area (Å²) in [6.45, 7) is 1.56. The number of carbonyl (C=O) groups is 4. The van der Waals surface area contributed by atoms with Crippen LogP contribution in [0.25, 0.3) is 11.0 Å². The fourth-order valence-electron chi connectivity index (χ4n) is 5.72. The van der Waals surface area contributed by atoms with Crippen molar-refractivity contribution < 1.29 is 28.3 Å². The number of nitrogens with zero attached hydrogens (tertiary/aromatic N) is 1. The highest BCUT2D eigenvalue weighted by Crippen LogP contribution is 2.38. The van der Waals surface area contributed by atoms with Crippen molar-refractivity contribution in [1.29, 1.82) is 0 Å². The molecule has 3 aromatic rings. The number of aryl methyl sites for hydroxylation is 1. The van der Waals surface area contributed by atoms with Crippen molar-refractivity contribution in [3.8, 4) is 0 Å². The minimum Gasteiger partial charge on any atom is -0.466 e. The molecule has 43 heavy (non-hydrogen) atoms. The summed E-state index contributed by atoms with van der Waals surface area (Å²) in [5, 5.41) is 9.11. The summed E-state index contributed by atoms with van der Waals surface area (Å²) < 4.78 is 11.6. The largest absolute Gasteiger partial charge is 0.466 e. The van der Waals surface area contributed by atoms with Crippen molar-refractivity contribution in [2.45, 2.75) is 51.2 Å². The highest BCUT2D eigenvalue weighted by molar-refractivity contribution is 6.03. The van der Waals surface area contributed by atoms with E-state index >= 15 is 0 Å². The predicted octanol–water partition coefficient (Wildman–Crippen LogP) is 3.23. The maximum atomic E-state index is 13.4. The summed E-state index contributed by atoms with van der Waals surface area (Å²) in [5.41, 5.74) is 0.580. The minimum atomic E-state index is -1.08. The summed E-state index contributed by atoms with van der Waals surface area (Å²) in [7, 11) is 1.25. The highest BCUT2D eigenvalue weighted by Gasteiger charge is 2.36. The summed E-state index contributed by atoms with van der Waals surface area (Å²) in [4.78, 5) is 64.0. The molecule has 2 aromatic heterocycles. The summed E-state index contributed by atoms with van der Waals surface area (Å²) >= 11 is 0. The SMILES string of the molecule is COC(=O)/C=C/CC[C@H](NC(=O)c1oc2ccccc2c1C)C(=O)Nc1cccn(CC(=O)NC2CC3C=CC2C3)c1=O. The van der Waals surface area contributed by atoms with Gasteiger partial charge in [0.05, 0.1) is 7.11 Å². The third kappa shape index (κ3) is 6.77. The predicted molar refractivity (Wildman–Crippen MR) is 159 cm³/mol. The van der Waals surface area contributed by atoms with Gasteiger partial charge in [0.15, 0.2) is 5.76 Å². The number of benzene rings is 1. The molecule has 0 saturated heterocycles. The van der Waals surface area contributed by atoms with E-state index in [0.717, 1.165) is 18.2 Å². The number of rotatable bonds is 11. The maximum Gasteiger partial charge on any atom is 0.330 e. The number of aromatic nitrogens is 1. The van der Waals surface area contributed by atoms with Crippen LogP contribution in [0.15, 0.2) is 76.1 Å². The van der Waals surface area contributed by atoms with Crippen molar-refractivity contribution >= 4 is 40.3 Å². The van der Waals surface area contributed by atoms with Crippen LogP contribution in [0.5, 0.6) is 0 Å². The second-order valence-electron chi connectivity index (χ2n) is 10.9. The summed E-state index contributed by atoms with van der Waals surface area (Å²) in [5.74, 6) is -1.16. The third-order valence-corrected chi connectivity index (χ3v) is 7.97. The number of esters is 1. The first-order chi connectivity index (χ1) is 20.7. The average molecular weight is 587 g/mol. The highest BCUT2D eigenvalue weighted by atomic mass is 16.5. The fraction of sp³-hybridized carbons (Fsp3) is 0.344. The van der Waals surface area contributed by atoms with Gasteiger partial charge >= 0.3 is 5.97 Å². The number of furan rings is 1. The molecule has 0 aliphatic heterocycles. The Kier molecular flexibility index (Phi) is 8.89. The van der Waals surface area contributed by atoms with E-state index in [-0.39, 0.29) is 42.8 Å². The molecule has 3 unspecified atom stereocenters. The van der Waals surface area contributed by atoms with Gasteiger partial charge in [-0.15, -0.1) is 0 Å². The number of allylic oxidation sites excluding steroid dienone is 2. The number of methoxy groups -OCH3 is 1. The van der Waals surface area contributed by atoms with Gasteiger partial charge in [-0.2, -0.15) is 0 Å². The van der Waals surface area contributed by atoms with E-state index in [0.29, 0.717) is 23.0 Å². The van der Waals surface area contributed by atoms with Gasteiger partial charge in [0.1, 0.15) is 23.9 Å². The first-order valence-electron chi connectivity index (χ1n) is 14.2. The molecule has 4 atom stereocenters. The number of fused-ring (bicyclic) bond motifs is 3. The van der Waals surface area contributed by atoms with Gasteiger partial charge in [0.2, 0.25) is 11.8 Å². The van der Waals surface area contributed by atoms with E-state index in [1.807, 2.05) is 12.1 Å². The Morgan fingerprint density at radius 2 is 1.93 bits per heavy atom. The van der Waals surface area contributed by atoms with Gasteiger partial charge < -0.3 is 29.7 Å². The van der Waals surface area contributed by atoms with Gasteiger partial charge in [-0.05, 0) is 62.6 Å². The Morgan fingerprint density at radius 3 is 2.65 bits per heavy atom. The first-order valence-corrected chi connectivity index (χ1v) is 14.2. The molecule has 224 valence electrons. The van der Waals surface area contributed by atoms with Gasteiger partial charge in [0, 0.05) is 29.3 Å². The molecule has 0 spiro atoms. The molecule has 3 N–H and O–H groups in total. The number of hydrogen-bond donors (Lipinski definition) is 3. The lowest BCUT2D eigenvalue weighted by molar-refractivity contribution is -0.134. The minimum absolute atomic E-state index is 0.0348. The van der Waals surface area contributed by atoms with Crippen molar-refractivity contribution in [3.63, 3.8) is 0 Å². The summed E-state index contributed by atoms with van der Waals surface area (Å²) in [6.07, 6.45) is 10.9. The molecule has 2 aliphatic rings. The normalized spacial score (nSPS) is 19.4. The number of para-hydroxylation sites is 1. The Labute approximate surface area is 248 Å². The van der Waals surface area contributed by atoms with Crippen molar-refractivity contribution in [2.75, 3.05) is 12.4 Å². The van der Waals surface area contributed by atoms with E-state index in [9.17, 15) is 24.0 Å². The maximum absolute atomic E-state index is 13.4. The molecule has 2 heterocycles. The zero-order chi connectivity index (χ0) is 30.5. The topological polar surface area (TPSA) is 149 Å². The fourth-order valence-corrected chi connectivity index (χ4v) is 5.72. The summed E-state index contributed by atoms with van der Waals surface area (Å²) in [6, 6.07) is 9.20. The third-order valence-electron chi connectivity index (χ3n) is 7.97. The van der Waals surface area contributed by atoms with Gasteiger partial charge in [0.25, 0.3) is 11.5 Å². The number of carbonyl (C=O) groups excluding carboxylic acids is 4. The quantitative estimate of drug-likeness (QED) is 0.177. The lowest BCUT2D eigenvalue weighted by atomic mass is 10.0. The molecule has 0 radical (unpaired) electrons. The molecule has 1 aromatic carbocycles. The lowest BCUT2D eigenvalue weighted by Crippen LogP contribution is -2.45. The molecule has 11 nitrogen and oxygen atoms in total. The molecule has 5 rings (SSSR count). The number of amides is 3. The second kappa shape index (κ2) is 12.9. The van der Waals surface area contributed by atoms with Crippen LogP contribution in [0.2, 0.25) is 0 Å². The van der Waals surface area contributed by atoms with Gasteiger partial charge in [-0.1, -0.05) is 36.4 Å². The zero-order valence-corrected chi connectivity index (χ0v) is 24.0. The van der Waals surface area contributed by atoms with Crippen molar-refractivity contribution in [2.24, 2.45) is 11.8 Å². The van der Waals surface area contributed by atoms with Crippen LogP contribution >= 0.6 is 0 Å².